The van der Waals surface area contributed by atoms with Gasteiger partial charge in [0.05, 0.1) is 15.2 Å². The van der Waals surface area contributed by atoms with Crippen LogP contribution < -0.4 is 0 Å². The Kier molecular flexibility index (Phi) is 5.03. The highest BCUT2D eigenvalue weighted by molar-refractivity contribution is 7.87. The van der Waals surface area contributed by atoms with Gasteiger partial charge in [-0.2, -0.15) is 8.42 Å². The SMILES string of the molecule is COS(=O)(=O)OP(C)C[Si](C)(C)C. The summed E-state index contributed by atoms with van der Waals surface area (Å²) in [5.41, 5.74) is 0. The van der Waals surface area contributed by atoms with E-state index in [1.54, 1.807) is 0 Å². The van der Waals surface area contributed by atoms with Crippen LogP contribution in [0.3, 0.4) is 0 Å². The molecule has 0 spiro atoms. The summed E-state index contributed by atoms with van der Waals surface area (Å²) in [6, 6.07) is 0. The Morgan fingerprint density at radius 2 is 1.77 bits per heavy atom. The molecule has 80 valence electrons. The maximum absolute atomic E-state index is 10.9. The van der Waals surface area contributed by atoms with E-state index in [2.05, 4.69) is 23.8 Å². The standard InChI is InChI=1S/C6H17O4PSSi/c1-9-12(7,8)10-11(2)6-13(3,4)5/h6H2,1-5H3. The van der Waals surface area contributed by atoms with Crippen molar-refractivity contribution in [2.75, 3.05) is 19.6 Å². The van der Waals surface area contributed by atoms with Crippen LogP contribution in [-0.4, -0.2) is 36.1 Å². The fraction of sp³-hybridized carbons (Fsp3) is 1.00. The van der Waals surface area contributed by atoms with Crippen LogP contribution in [-0.2, 0) is 18.6 Å². The van der Waals surface area contributed by atoms with Crippen molar-refractivity contribution in [3.63, 3.8) is 0 Å². The Hall–Kier alpha value is 0.517. The average molecular weight is 244 g/mol. The molecule has 7 heteroatoms. The Morgan fingerprint density at radius 1 is 1.31 bits per heavy atom. The van der Waals surface area contributed by atoms with E-state index in [0.29, 0.717) is 0 Å². The van der Waals surface area contributed by atoms with Crippen molar-refractivity contribution in [2.24, 2.45) is 0 Å². The van der Waals surface area contributed by atoms with Gasteiger partial charge in [-0.3, -0.25) is 4.18 Å². The van der Waals surface area contributed by atoms with Crippen molar-refractivity contribution in [3.05, 3.63) is 0 Å². The van der Waals surface area contributed by atoms with Gasteiger partial charge in [-0.25, -0.2) is 3.97 Å². The molecule has 0 amide bonds. The van der Waals surface area contributed by atoms with Crippen molar-refractivity contribution in [2.45, 2.75) is 19.6 Å². The molecule has 1 unspecified atom stereocenters. The predicted molar refractivity (Wildman–Crippen MR) is 58.1 cm³/mol. The molecule has 0 aliphatic carbocycles. The van der Waals surface area contributed by atoms with Crippen LogP contribution in [0.15, 0.2) is 0 Å². The van der Waals surface area contributed by atoms with Crippen molar-refractivity contribution in [1.82, 2.24) is 0 Å². The van der Waals surface area contributed by atoms with Gasteiger partial charge >= 0.3 is 10.4 Å². The van der Waals surface area contributed by atoms with E-state index in [-0.39, 0.29) is 0 Å². The molecule has 0 aliphatic rings. The Labute approximate surface area is 82.8 Å². The molecule has 0 aliphatic heterocycles. The quantitative estimate of drug-likeness (QED) is 0.546. The summed E-state index contributed by atoms with van der Waals surface area (Å²) in [5.74, 6) is 0.866. The minimum atomic E-state index is -3.74. The molecular formula is C6H17O4PSSi. The van der Waals surface area contributed by atoms with Crippen molar-refractivity contribution < 1.29 is 16.6 Å². The third-order valence-electron chi connectivity index (χ3n) is 1.12. The third-order valence-corrected chi connectivity index (χ3v) is 8.85. The van der Waals surface area contributed by atoms with Crippen LogP contribution in [0, 0.1) is 0 Å². The van der Waals surface area contributed by atoms with E-state index >= 15 is 0 Å². The van der Waals surface area contributed by atoms with Gasteiger partial charge in [0.15, 0.2) is 0 Å². The second-order valence-electron chi connectivity index (χ2n) is 4.00. The first-order valence-corrected chi connectivity index (χ1v) is 10.8. The highest BCUT2D eigenvalue weighted by Gasteiger charge is 2.22. The lowest BCUT2D eigenvalue weighted by Gasteiger charge is -2.20. The van der Waals surface area contributed by atoms with E-state index in [1.165, 1.54) is 0 Å². The molecule has 1 atom stereocenters. The molecule has 13 heavy (non-hydrogen) atoms. The van der Waals surface area contributed by atoms with Gasteiger partial charge in [-0.05, 0) is 12.5 Å². The zero-order valence-corrected chi connectivity index (χ0v) is 11.4. The Bertz CT molecular complexity index is 246. The van der Waals surface area contributed by atoms with Crippen LogP contribution in [0.25, 0.3) is 0 Å². The first kappa shape index (κ1) is 13.5. The predicted octanol–water partition coefficient (Wildman–Crippen LogP) is 1.80. The third kappa shape index (κ3) is 7.58. The van der Waals surface area contributed by atoms with Gasteiger partial charge in [0.2, 0.25) is 0 Å². The molecule has 0 rings (SSSR count). The van der Waals surface area contributed by atoms with Crippen LogP contribution in [0.5, 0.6) is 0 Å². The minimum absolute atomic E-state index is 0.866. The van der Waals surface area contributed by atoms with Gasteiger partial charge in [0.1, 0.15) is 0 Å². The highest BCUT2D eigenvalue weighted by atomic mass is 32.3. The van der Waals surface area contributed by atoms with E-state index in [1.807, 2.05) is 6.66 Å². The van der Waals surface area contributed by atoms with Crippen LogP contribution >= 0.6 is 8.15 Å². The monoisotopic (exact) mass is 244 g/mol. The van der Waals surface area contributed by atoms with E-state index < -0.39 is 26.6 Å². The van der Waals surface area contributed by atoms with Crippen molar-refractivity contribution >= 4 is 26.6 Å². The Morgan fingerprint density at radius 3 is 2.08 bits per heavy atom. The van der Waals surface area contributed by atoms with Gasteiger partial charge in [-0.1, -0.05) is 19.6 Å². The molecule has 0 aromatic rings. The normalized spacial score (nSPS) is 15.8. The summed E-state index contributed by atoms with van der Waals surface area (Å²) in [5, 5.41) is 0. The fourth-order valence-electron chi connectivity index (χ4n) is 0.881. The summed E-state index contributed by atoms with van der Waals surface area (Å²) >= 11 is 0. The first-order valence-electron chi connectivity index (χ1n) is 3.87. The summed E-state index contributed by atoms with van der Waals surface area (Å²) < 4.78 is 30.8. The van der Waals surface area contributed by atoms with Gasteiger partial charge in [0.25, 0.3) is 0 Å². The average Bonchev–Trinajstić information content (AvgIpc) is 1.81. The molecule has 0 bridgehead atoms. The van der Waals surface area contributed by atoms with Crippen LogP contribution in [0.4, 0.5) is 0 Å². The molecule has 4 nitrogen and oxygen atoms in total. The zero-order valence-electron chi connectivity index (χ0n) is 8.70. The van der Waals surface area contributed by atoms with E-state index in [0.717, 1.165) is 12.9 Å². The maximum Gasteiger partial charge on any atom is 0.402 e. The summed E-state index contributed by atoms with van der Waals surface area (Å²) in [6.07, 6.45) is 0. The Balaban J connectivity index is 4.10. The molecule has 0 aromatic carbocycles. The fourth-order valence-corrected chi connectivity index (χ4v) is 8.40. The highest BCUT2D eigenvalue weighted by Crippen LogP contribution is 2.37. The zero-order chi connectivity index (χ0) is 10.7. The molecule has 0 N–H and O–H groups in total. The van der Waals surface area contributed by atoms with E-state index in [4.69, 9.17) is 3.97 Å². The summed E-state index contributed by atoms with van der Waals surface area (Å²) in [7, 11) is -4.80. The summed E-state index contributed by atoms with van der Waals surface area (Å²) in [4.78, 5) is 0. The molecule has 0 aromatic heterocycles. The molecular weight excluding hydrogens is 227 g/mol. The van der Waals surface area contributed by atoms with Gasteiger partial charge in [-0.15, -0.1) is 0 Å². The molecule has 0 radical (unpaired) electrons. The summed E-state index contributed by atoms with van der Waals surface area (Å²) in [6.45, 7) is 8.34. The minimum Gasteiger partial charge on any atom is -0.251 e. The van der Waals surface area contributed by atoms with Gasteiger partial charge in [0, 0.05) is 8.15 Å². The van der Waals surface area contributed by atoms with Crippen molar-refractivity contribution in [1.29, 1.82) is 0 Å². The second kappa shape index (κ2) is 4.84. The lowest BCUT2D eigenvalue weighted by molar-refractivity contribution is 0.340. The lowest BCUT2D eigenvalue weighted by atomic mass is 11.7. The van der Waals surface area contributed by atoms with Crippen LogP contribution in [0.1, 0.15) is 0 Å². The lowest BCUT2D eigenvalue weighted by Crippen LogP contribution is -2.25. The molecule has 0 saturated heterocycles. The molecule has 0 saturated carbocycles. The number of hydrogen-bond acceptors (Lipinski definition) is 4. The topological polar surface area (TPSA) is 52.6 Å². The maximum atomic E-state index is 10.9. The number of rotatable bonds is 5. The smallest absolute Gasteiger partial charge is 0.251 e. The number of hydrogen-bond donors (Lipinski definition) is 0. The molecule has 0 fully saturated rings. The van der Waals surface area contributed by atoms with Crippen molar-refractivity contribution in [3.8, 4) is 0 Å². The first-order chi connectivity index (χ1) is 5.66. The second-order valence-corrected chi connectivity index (χ2v) is 13.4. The molecule has 0 heterocycles. The van der Waals surface area contributed by atoms with Crippen LogP contribution in [0.2, 0.25) is 19.6 Å². The van der Waals surface area contributed by atoms with Gasteiger partial charge < -0.3 is 0 Å². The van der Waals surface area contributed by atoms with E-state index in [9.17, 15) is 8.42 Å². The largest absolute Gasteiger partial charge is 0.402 e.